The molecule has 0 amide bonds. The Morgan fingerprint density at radius 2 is 1.90 bits per heavy atom. The average molecular weight is 433 g/mol. The molecule has 2 aromatic carbocycles. The quantitative estimate of drug-likeness (QED) is 0.552. The zero-order chi connectivity index (χ0) is 21.4. The van der Waals surface area contributed by atoms with Gasteiger partial charge < -0.3 is 9.84 Å². The lowest BCUT2D eigenvalue weighted by Gasteiger charge is -2.12. The van der Waals surface area contributed by atoms with Crippen LogP contribution in [0.3, 0.4) is 0 Å². The molecule has 8 heteroatoms. The minimum atomic E-state index is -0.906. The fourth-order valence-corrected chi connectivity index (χ4v) is 3.77. The highest BCUT2D eigenvalue weighted by Crippen LogP contribution is 2.50. The van der Waals surface area contributed by atoms with E-state index in [0.29, 0.717) is 22.7 Å². The van der Waals surface area contributed by atoms with E-state index in [-0.39, 0.29) is 24.9 Å². The van der Waals surface area contributed by atoms with E-state index < -0.39 is 23.4 Å². The van der Waals surface area contributed by atoms with Crippen LogP contribution in [0, 0.1) is 24.5 Å². The molecule has 1 aromatic heterocycles. The number of hydrogen-bond acceptors (Lipinski definition) is 3. The van der Waals surface area contributed by atoms with Crippen LogP contribution in [0.2, 0.25) is 5.02 Å². The summed E-state index contributed by atoms with van der Waals surface area (Å²) in [5.74, 6) is -3.19. The first-order valence-corrected chi connectivity index (χ1v) is 9.84. The second-order valence-corrected chi connectivity index (χ2v) is 7.90. The van der Waals surface area contributed by atoms with E-state index in [1.807, 2.05) is 6.92 Å². The van der Waals surface area contributed by atoms with E-state index in [9.17, 15) is 13.6 Å². The molecular weight excluding hydrogens is 414 g/mol. The molecule has 1 aliphatic rings. The molecule has 0 spiro atoms. The average Bonchev–Trinajstić information content (AvgIpc) is 3.33. The SMILES string of the molecule is Cc1cc(COc2c(F)cc(C3CC3CC(=O)O)cc2F)n(-c2ccc(Cl)cc2)n1. The van der Waals surface area contributed by atoms with Gasteiger partial charge in [0.1, 0.15) is 6.61 Å². The molecule has 4 rings (SSSR count). The van der Waals surface area contributed by atoms with E-state index in [1.165, 1.54) is 12.1 Å². The van der Waals surface area contributed by atoms with E-state index in [1.54, 1.807) is 35.0 Å². The molecule has 1 fully saturated rings. The highest BCUT2D eigenvalue weighted by Gasteiger charge is 2.40. The zero-order valence-corrected chi connectivity index (χ0v) is 16.9. The van der Waals surface area contributed by atoms with Crippen molar-refractivity contribution in [2.75, 3.05) is 0 Å². The number of rotatable bonds is 7. The molecule has 30 heavy (non-hydrogen) atoms. The number of aromatic nitrogens is 2. The van der Waals surface area contributed by atoms with Gasteiger partial charge in [-0.1, -0.05) is 11.6 Å². The van der Waals surface area contributed by atoms with Crippen molar-refractivity contribution in [1.82, 2.24) is 9.78 Å². The lowest BCUT2D eigenvalue weighted by atomic mass is 10.1. The summed E-state index contributed by atoms with van der Waals surface area (Å²) < 4.78 is 36.2. The largest absolute Gasteiger partial charge is 0.481 e. The molecule has 1 aliphatic carbocycles. The maximum Gasteiger partial charge on any atom is 0.303 e. The molecule has 156 valence electrons. The van der Waals surface area contributed by atoms with Gasteiger partial charge in [0.25, 0.3) is 0 Å². The predicted octanol–water partition coefficient (Wildman–Crippen LogP) is 5.27. The van der Waals surface area contributed by atoms with E-state index >= 15 is 0 Å². The van der Waals surface area contributed by atoms with Gasteiger partial charge in [0, 0.05) is 11.4 Å². The van der Waals surface area contributed by atoms with Crippen molar-refractivity contribution in [3.8, 4) is 11.4 Å². The molecule has 2 atom stereocenters. The number of hydrogen-bond donors (Lipinski definition) is 1. The van der Waals surface area contributed by atoms with Crippen LogP contribution in [0.4, 0.5) is 8.78 Å². The standard InChI is InChI=1S/C22H19ClF2N2O3/c1-12-6-17(27(26-12)16-4-2-15(23)3-5-16)11-30-22-19(24)8-14(9-20(22)25)18-7-13(18)10-21(28)29/h2-6,8-9,13,18H,7,10-11H2,1H3,(H,28,29). The van der Waals surface area contributed by atoms with Crippen LogP contribution >= 0.6 is 11.6 Å². The smallest absolute Gasteiger partial charge is 0.303 e. The minimum Gasteiger partial charge on any atom is -0.481 e. The highest BCUT2D eigenvalue weighted by molar-refractivity contribution is 6.30. The van der Waals surface area contributed by atoms with Crippen molar-refractivity contribution in [2.24, 2.45) is 5.92 Å². The van der Waals surface area contributed by atoms with Crippen LogP contribution < -0.4 is 4.74 Å². The topological polar surface area (TPSA) is 64.3 Å². The highest BCUT2D eigenvalue weighted by atomic mass is 35.5. The van der Waals surface area contributed by atoms with Crippen molar-refractivity contribution in [3.63, 3.8) is 0 Å². The molecule has 1 saturated carbocycles. The Morgan fingerprint density at radius 3 is 2.53 bits per heavy atom. The number of carboxylic acid groups (broad SMARTS) is 1. The number of aryl methyl sites for hydroxylation is 1. The Kier molecular flexibility index (Phi) is 5.47. The molecular formula is C22H19ClF2N2O3. The minimum absolute atomic E-state index is 0.000193. The third-order valence-electron chi connectivity index (χ3n) is 5.15. The first-order valence-electron chi connectivity index (χ1n) is 9.47. The van der Waals surface area contributed by atoms with Crippen LogP contribution in [0.15, 0.2) is 42.5 Å². The summed E-state index contributed by atoms with van der Waals surface area (Å²) in [6, 6.07) is 11.3. The first-order chi connectivity index (χ1) is 14.3. The summed E-state index contributed by atoms with van der Waals surface area (Å²) in [7, 11) is 0. The van der Waals surface area contributed by atoms with E-state index in [2.05, 4.69) is 5.10 Å². The summed E-state index contributed by atoms with van der Waals surface area (Å²) >= 11 is 5.93. The van der Waals surface area contributed by atoms with Crippen LogP contribution in [0.5, 0.6) is 5.75 Å². The fourth-order valence-electron chi connectivity index (χ4n) is 3.65. The number of aliphatic carboxylic acids is 1. The Hall–Kier alpha value is -2.93. The van der Waals surface area contributed by atoms with Crippen molar-refractivity contribution >= 4 is 17.6 Å². The van der Waals surface area contributed by atoms with Crippen LogP contribution in [0.1, 0.15) is 35.7 Å². The van der Waals surface area contributed by atoms with Gasteiger partial charge in [-0.15, -0.1) is 0 Å². The van der Waals surface area contributed by atoms with Crippen molar-refractivity contribution < 1.29 is 23.4 Å². The fraction of sp³-hybridized carbons (Fsp3) is 0.273. The van der Waals surface area contributed by atoms with Crippen molar-refractivity contribution in [2.45, 2.75) is 32.3 Å². The summed E-state index contributed by atoms with van der Waals surface area (Å²) in [4.78, 5) is 10.8. The maximum absolute atomic E-state index is 14.5. The number of ether oxygens (including phenoxy) is 1. The Bertz CT molecular complexity index is 1080. The Balaban J connectivity index is 1.51. The molecule has 5 nitrogen and oxygen atoms in total. The number of halogens is 3. The third-order valence-corrected chi connectivity index (χ3v) is 5.40. The van der Waals surface area contributed by atoms with Gasteiger partial charge >= 0.3 is 5.97 Å². The molecule has 1 N–H and O–H groups in total. The molecule has 0 bridgehead atoms. The number of benzene rings is 2. The van der Waals surface area contributed by atoms with Gasteiger partial charge in [-0.2, -0.15) is 5.10 Å². The molecule has 3 aromatic rings. The summed E-state index contributed by atoms with van der Waals surface area (Å²) in [5, 5.41) is 13.9. The lowest BCUT2D eigenvalue weighted by Crippen LogP contribution is -2.07. The Labute approximate surface area is 176 Å². The summed E-state index contributed by atoms with van der Waals surface area (Å²) in [5.41, 5.74) is 2.57. The number of carboxylic acids is 1. The molecule has 0 radical (unpaired) electrons. The van der Waals surface area contributed by atoms with Gasteiger partial charge in [0.2, 0.25) is 0 Å². The zero-order valence-electron chi connectivity index (χ0n) is 16.1. The van der Waals surface area contributed by atoms with E-state index in [0.717, 1.165) is 11.4 Å². The molecule has 0 aliphatic heterocycles. The maximum atomic E-state index is 14.5. The molecule has 1 heterocycles. The molecule has 2 unspecified atom stereocenters. The van der Waals surface area contributed by atoms with Gasteiger partial charge in [0.05, 0.1) is 17.1 Å². The normalized spacial score (nSPS) is 17.7. The van der Waals surface area contributed by atoms with Crippen LogP contribution in [0.25, 0.3) is 5.69 Å². The van der Waals surface area contributed by atoms with Gasteiger partial charge in [-0.05, 0) is 73.2 Å². The molecule has 0 saturated heterocycles. The number of carbonyl (C=O) groups is 1. The van der Waals surface area contributed by atoms with Crippen LogP contribution in [-0.4, -0.2) is 20.9 Å². The van der Waals surface area contributed by atoms with Gasteiger partial charge in [-0.25, -0.2) is 13.5 Å². The first kappa shape index (κ1) is 20.3. The summed E-state index contributed by atoms with van der Waals surface area (Å²) in [6.45, 7) is 1.73. The predicted molar refractivity (Wildman–Crippen MR) is 107 cm³/mol. The van der Waals surface area contributed by atoms with Gasteiger partial charge in [0.15, 0.2) is 17.4 Å². The monoisotopic (exact) mass is 432 g/mol. The van der Waals surface area contributed by atoms with Crippen molar-refractivity contribution in [1.29, 1.82) is 0 Å². The second kappa shape index (κ2) is 8.07. The van der Waals surface area contributed by atoms with E-state index in [4.69, 9.17) is 21.4 Å². The Morgan fingerprint density at radius 1 is 1.23 bits per heavy atom. The van der Waals surface area contributed by atoms with Crippen LogP contribution in [-0.2, 0) is 11.4 Å². The lowest BCUT2D eigenvalue weighted by molar-refractivity contribution is -0.137. The third kappa shape index (κ3) is 4.31. The van der Waals surface area contributed by atoms with Crippen molar-refractivity contribution in [3.05, 3.63) is 76.1 Å². The second-order valence-electron chi connectivity index (χ2n) is 7.47. The number of nitrogens with zero attached hydrogens (tertiary/aromatic N) is 2. The van der Waals surface area contributed by atoms with Gasteiger partial charge in [-0.3, -0.25) is 4.79 Å². The summed E-state index contributed by atoms with van der Waals surface area (Å²) in [6.07, 6.45) is 0.616.